The van der Waals surface area contributed by atoms with Gasteiger partial charge in [0.1, 0.15) is 0 Å². The van der Waals surface area contributed by atoms with Gasteiger partial charge < -0.3 is 15.1 Å². The number of hydrogen-bond donors (Lipinski definition) is 1. The van der Waals surface area contributed by atoms with Crippen LogP contribution in [0.15, 0.2) is 0 Å². The van der Waals surface area contributed by atoms with Gasteiger partial charge in [0.15, 0.2) is 0 Å². The fourth-order valence-corrected chi connectivity index (χ4v) is 2.89. The van der Waals surface area contributed by atoms with Crippen molar-refractivity contribution < 1.29 is 4.79 Å². The summed E-state index contributed by atoms with van der Waals surface area (Å²) in [6.45, 7) is 10.0. The van der Waals surface area contributed by atoms with Crippen LogP contribution in [0.3, 0.4) is 0 Å². The van der Waals surface area contributed by atoms with Crippen molar-refractivity contribution in [2.24, 2.45) is 11.8 Å². The summed E-state index contributed by atoms with van der Waals surface area (Å²) < 4.78 is 0. The molecule has 1 rings (SSSR count). The molecule has 0 aromatic carbocycles. The molecule has 1 aliphatic rings. The van der Waals surface area contributed by atoms with Crippen LogP contribution in [0, 0.1) is 11.8 Å². The quantitative estimate of drug-likeness (QED) is 0.797. The van der Waals surface area contributed by atoms with Gasteiger partial charge in [0.2, 0.25) is 5.91 Å². The van der Waals surface area contributed by atoms with E-state index in [-0.39, 0.29) is 12.0 Å². The second-order valence-electron chi connectivity index (χ2n) is 5.93. The average molecular weight is 255 g/mol. The first-order valence-electron chi connectivity index (χ1n) is 7.11. The molecule has 1 saturated heterocycles. The Hall–Kier alpha value is -0.610. The van der Waals surface area contributed by atoms with E-state index >= 15 is 0 Å². The molecule has 4 nitrogen and oxygen atoms in total. The summed E-state index contributed by atoms with van der Waals surface area (Å²) in [6, 6.07) is 0.287. The molecule has 1 aliphatic heterocycles. The van der Waals surface area contributed by atoms with Gasteiger partial charge in [0, 0.05) is 25.7 Å². The van der Waals surface area contributed by atoms with Crippen LogP contribution in [0.4, 0.5) is 0 Å². The molecule has 1 N–H and O–H groups in total. The number of nitrogens with zero attached hydrogens (tertiary/aromatic N) is 2. The van der Waals surface area contributed by atoms with E-state index in [2.05, 4.69) is 45.1 Å². The number of nitrogens with one attached hydrogen (secondary N) is 1. The lowest BCUT2D eigenvalue weighted by atomic mass is 9.90. The van der Waals surface area contributed by atoms with Gasteiger partial charge in [-0.05, 0) is 46.8 Å². The molecule has 0 radical (unpaired) electrons. The second-order valence-corrected chi connectivity index (χ2v) is 5.93. The highest BCUT2D eigenvalue weighted by molar-refractivity contribution is 5.79. The van der Waals surface area contributed by atoms with Crippen LogP contribution in [-0.4, -0.2) is 62.0 Å². The molecule has 0 aromatic heterocycles. The number of amides is 1. The predicted octanol–water partition coefficient (Wildman–Crippen LogP) is 1.03. The first kappa shape index (κ1) is 15.4. The highest BCUT2D eigenvalue weighted by atomic mass is 16.2. The van der Waals surface area contributed by atoms with E-state index in [1.807, 2.05) is 4.90 Å². The third-order valence-corrected chi connectivity index (χ3v) is 3.70. The van der Waals surface area contributed by atoms with Crippen LogP contribution in [0.1, 0.15) is 27.2 Å². The van der Waals surface area contributed by atoms with Crippen molar-refractivity contribution in [1.82, 2.24) is 15.1 Å². The minimum absolute atomic E-state index is 0.165. The zero-order valence-electron chi connectivity index (χ0n) is 12.6. The summed E-state index contributed by atoms with van der Waals surface area (Å²) in [4.78, 5) is 16.7. The molecule has 4 heteroatoms. The third-order valence-electron chi connectivity index (χ3n) is 3.70. The van der Waals surface area contributed by atoms with Crippen molar-refractivity contribution in [1.29, 1.82) is 0 Å². The van der Waals surface area contributed by atoms with Crippen molar-refractivity contribution >= 4 is 5.91 Å². The molecular weight excluding hydrogens is 226 g/mol. The summed E-state index contributed by atoms with van der Waals surface area (Å²) in [5, 5.41) is 3.37. The SMILES string of the molecule is CCN(C(=O)C1CNCC(C)C1)C(C)CN(C)C. The van der Waals surface area contributed by atoms with Crippen molar-refractivity contribution in [2.75, 3.05) is 40.3 Å². The van der Waals surface area contributed by atoms with Crippen LogP contribution >= 0.6 is 0 Å². The first-order valence-corrected chi connectivity index (χ1v) is 7.11. The molecule has 1 amide bonds. The van der Waals surface area contributed by atoms with Gasteiger partial charge in [-0.2, -0.15) is 0 Å². The Kier molecular flexibility index (Phi) is 6.09. The standard InChI is InChI=1S/C14H29N3O/c1-6-17(12(3)10-16(4)5)14(18)13-7-11(2)8-15-9-13/h11-13,15H,6-10H2,1-5H3. The van der Waals surface area contributed by atoms with Crippen LogP contribution in [-0.2, 0) is 4.79 Å². The molecule has 18 heavy (non-hydrogen) atoms. The van der Waals surface area contributed by atoms with Gasteiger partial charge in [0.25, 0.3) is 0 Å². The lowest BCUT2D eigenvalue weighted by Crippen LogP contribution is -2.50. The van der Waals surface area contributed by atoms with E-state index in [0.29, 0.717) is 11.8 Å². The Morgan fingerprint density at radius 1 is 1.39 bits per heavy atom. The summed E-state index contributed by atoms with van der Waals surface area (Å²) in [5.74, 6) is 1.10. The molecule has 0 aromatic rings. The lowest BCUT2D eigenvalue weighted by molar-refractivity contribution is -0.138. The zero-order chi connectivity index (χ0) is 13.7. The summed E-state index contributed by atoms with van der Waals surface area (Å²) >= 11 is 0. The maximum atomic E-state index is 12.6. The van der Waals surface area contributed by atoms with Gasteiger partial charge >= 0.3 is 0 Å². The summed E-state index contributed by atoms with van der Waals surface area (Å²) in [7, 11) is 4.11. The van der Waals surface area contributed by atoms with Gasteiger partial charge in [-0.25, -0.2) is 0 Å². The Bertz CT molecular complexity index is 268. The maximum absolute atomic E-state index is 12.6. The van der Waals surface area contributed by atoms with Crippen molar-refractivity contribution in [3.8, 4) is 0 Å². The van der Waals surface area contributed by atoms with Gasteiger partial charge in [-0.3, -0.25) is 4.79 Å². The smallest absolute Gasteiger partial charge is 0.227 e. The first-order chi connectivity index (χ1) is 8.45. The van der Waals surface area contributed by atoms with Gasteiger partial charge in [-0.1, -0.05) is 6.92 Å². The van der Waals surface area contributed by atoms with Crippen LogP contribution in [0.2, 0.25) is 0 Å². The number of likely N-dealkylation sites (N-methyl/N-ethyl adjacent to an activating group) is 2. The minimum Gasteiger partial charge on any atom is -0.339 e. The number of carbonyl (C=O) groups excluding carboxylic acids is 1. The Balaban J connectivity index is 2.60. The maximum Gasteiger partial charge on any atom is 0.227 e. The molecule has 3 atom stereocenters. The fraction of sp³-hybridized carbons (Fsp3) is 0.929. The number of piperidine rings is 1. The summed E-state index contributed by atoms with van der Waals surface area (Å²) in [5.41, 5.74) is 0. The van der Waals surface area contributed by atoms with Crippen molar-refractivity contribution in [2.45, 2.75) is 33.2 Å². The molecule has 0 bridgehead atoms. The van der Waals surface area contributed by atoms with Gasteiger partial charge in [-0.15, -0.1) is 0 Å². The molecule has 1 heterocycles. The van der Waals surface area contributed by atoms with E-state index in [9.17, 15) is 4.79 Å². The van der Waals surface area contributed by atoms with Crippen molar-refractivity contribution in [3.63, 3.8) is 0 Å². The highest BCUT2D eigenvalue weighted by Crippen LogP contribution is 2.19. The molecular formula is C14H29N3O. The fourth-order valence-electron chi connectivity index (χ4n) is 2.89. The Labute approximate surface area is 112 Å². The normalized spacial score (nSPS) is 26.1. The highest BCUT2D eigenvalue weighted by Gasteiger charge is 2.30. The number of carbonyl (C=O) groups is 1. The molecule has 1 fully saturated rings. The van der Waals surface area contributed by atoms with E-state index in [0.717, 1.165) is 32.6 Å². The minimum atomic E-state index is 0.165. The monoisotopic (exact) mass is 255 g/mol. The lowest BCUT2D eigenvalue weighted by Gasteiger charge is -2.35. The van der Waals surface area contributed by atoms with E-state index in [4.69, 9.17) is 0 Å². The molecule has 3 unspecified atom stereocenters. The van der Waals surface area contributed by atoms with Crippen molar-refractivity contribution in [3.05, 3.63) is 0 Å². The number of rotatable bonds is 5. The number of hydrogen-bond acceptors (Lipinski definition) is 3. The summed E-state index contributed by atoms with van der Waals surface area (Å²) in [6.07, 6.45) is 1.02. The third kappa shape index (κ3) is 4.25. The van der Waals surface area contributed by atoms with E-state index < -0.39 is 0 Å². The largest absolute Gasteiger partial charge is 0.339 e. The van der Waals surface area contributed by atoms with Crippen LogP contribution < -0.4 is 5.32 Å². The zero-order valence-corrected chi connectivity index (χ0v) is 12.6. The topological polar surface area (TPSA) is 35.6 Å². The average Bonchev–Trinajstić information content (AvgIpc) is 2.28. The van der Waals surface area contributed by atoms with E-state index in [1.54, 1.807) is 0 Å². The van der Waals surface area contributed by atoms with Gasteiger partial charge in [0.05, 0.1) is 5.92 Å². The second kappa shape index (κ2) is 7.10. The molecule has 106 valence electrons. The van der Waals surface area contributed by atoms with E-state index in [1.165, 1.54) is 0 Å². The van der Waals surface area contributed by atoms with Crippen LogP contribution in [0.5, 0.6) is 0 Å². The Morgan fingerprint density at radius 2 is 2.06 bits per heavy atom. The Morgan fingerprint density at radius 3 is 2.56 bits per heavy atom. The molecule has 0 aliphatic carbocycles. The predicted molar refractivity (Wildman–Crippen MR) is 75.5 cm³/mol. The van der Waals surface area contributed by atoms with Crippen LogP contribution in [0.25, 0.3) is 0 Å². The molecule has 0 saturated carbocycles. The molecule has 0 spiro atoms.